The molecule has 3 nitrogen and oxygen atoms in total. The van der Waals surface area contributed by atoms with Gasteiger partial charge in [0.25, 0.3) is 0 Å². The molecule has 2 atom stereocenters. The molecule has 1 aliphatic heterocycles. The van der Waals surface area contributed by atoms with Gasteiger partial charge in [-0.15, -0.1) is 0 Å². The monoisotopic (exact) mass is 168 g/mol. The third-order valence-electron chi connectivity index (χ3n) is 3.34. The van der Waals surface area contributed by atoms with E-state index in [1.807, 2.05) is 0 Å². The van der Waals surface area contributed by atoms with Crippen molar-refractivity contribution in [1.82, 2.24) is 5.32 Å². The smallest absolute Gasteiger partial charge is 0.220 e. The van der Waals surface area contributed by atoms with E-state index in [4.69, 9.17) is 5.73 Å². The summed E-state index contributed by atoms with van der Waals surface area (Å²) >= 11 is 0. The predicted octanol–water partition coefficient (Wildman–Crippen LogP) is 0.394. The molecule has 1 amide bonds. The van der Waals surface area contributed by atoms with Gasteiger partial charge >= 0.3 is 0 Å². The lowest BCUT2D eigenvalue weighted by molar-refractivity contribution is -0.121. The molecular weight excluding hydrogens is 152 g/mol. The van der Waals surface area contributed by atoms with Crippen LogP contribution in [0.15, 0.2) is 0 Å². The molecule has 2 unspecified atom stereocenters. The van der Waals surface area contributed by atoms with Crippen LogP contribution in [-0.2, 0) is 4.79 Å². The fraction of sp³-hybridized carbons (Fsp3) is 0.889. The Kier molecular flexibility index (Phi) is 1.83. The Morgan fingerprint density at radius 3 is 2.83 bits per heavy atom. The Morgan fingerprint density at radius 1 is 1.50 bits per heavy atom. The molecule has 0 aromatic heterocycles. The van der Waals surface area contributed by atoms with Gasteiger partial charge in [-0.1, -0.05) is 0 Å². The van der Waals surface area contributed by atoms with Crippen LogP contribution in [0.1, 0.15) is 32.1 Å². The average Bonchev–Trinajstić information content (AvgIpc) is 2.62. The van der Waals surface area contributed by atoms with Crippen LogP contribution in [0.3, 0.4) is 0 Å². The average molecular weight is 168 g/mol. The van der Waals surface area contributed by atoms with Crippen molar-refractivity contribution < 1.29 is 4.79 Å². The fourth-order valence-corrected chi connectivity index (χ4v) is 2.63. The van der Waals surface area contributed by atoms with Crippen LogP contribution in [0.4, 0.5) is 0 Å². The van der Waals surface area contributed by atoms with Gasteiger partial charge in [-0.3, -0.25) is 4.79 Å². The predicted molar refractivity (Wildman–Crippen MR) is 46.5 cm³/mol. The zero-order chi connectivity index (χ0) is 8.60. The van der Waals surface area contributed by atoms with E-state index in [0.717, 1.165) is 25.8 Å². The minimum atomic E-state index is -0.111. The summed E-state index contributed by atoms with van der Waals surface area (Å²) in [6.45, 7) is 1.12. The van der Waals surface area contributed by atoms with Gasteiger partial charge in [0.2, 0.25) is 5.91 Å². The lowest BCUT2D eigenvalue weighted by atomic mass is 9.94. The summed E-state index contributed by atoms with van der Waals surface area (Å²) in [6, 6.07) is 0. The summed E-state index contributed by atoms with van der Waals surface area (Å²) in [5, 5.41) is 3.51. The maximum atomic E-state index is 10.9. The highest BCUT2D eigenvalue weighted by molar-refractivity contribution is 5.77. The zero-order valence-electron chi connectivity index (χ0n) is 7.31. The van der Waals surface area contributed by atoms with Gasteiger partial charge in [0.1, 0.15) is 0 Å². The number of hydrogen-bond acceptors (Lipinski definition) is 2. The molecule has 0 aromatic rings. The van der Waals surface area contributed by atoms with Gasteiger partial charge in [-0.2, -0.15) is 0 Å². The summed E-state index contributed by atoms with van der Waals surface area (Å²) in [4.78, 5) is 10.9. The summed E-state index contributed by atoms with van der Waals surface area (Å²) in [5.41, 5.74) is 5.57. The second-order valence-corrected chi connectivity index (χ2v) is 4.15. The topological polar surface area (TPSA) is 55.1 Å². The number of primary amides is 1. The third-order valence-corrected chi connectivity index (χ3v) is 3.34. The molecule has 2 aliphatic rings. The molecule has 3 N–H and O–H groups in total. The van der Waals surface area contributed by atoms with Gasteiger partial charge in [-0.05, 0) is 38.6 Å². The van der Waals surface area contributed by atoms with Crippen LogP contribution in [0.25, 0.3) is 0 Å². The minimum absolute atomic E-state index is 0.111. The van der Waals surface area contributed by atoms with Gasteiger partial charge in [0.15, 0.2) is 0 Å². The molecule has 1 saturated heterocycles. The van der Waals surface area contributed by atoms with Crippen molar-refractivity contribution in [2.24, 2.45) is 11.7 Å². The van der Waals surface area contributed by atoms with E-state index in [9.17, 15) is 4.79 Å². The molecular formula is C9H16N2O. The summed E-state index contributed by atoms with van der Waals surface area (Å²) in [6.07, 6.45) is 5.59. The zero-order valence-corrected chi connectivity index (χ0v) is 7.31. The van der Waals surface area contributed by atoms with E-state index >= 15 is 0 Å². The van der Waals surface area contributed by atoms with E-state index in [1.165, 1.54) is 12.8 Å². The van der Waals surface area contributed by atoms with Crippen molar-refractivity contribution in [3.63, 3.8) is 0 Å². The van der Waals surface area contributed by atoms with Crippen molar-refractivity contribution >= 4 is 5.91 Å². The highest BCUT2D eigenvalue weighted by atomic mass is 16.1. The molecule has 0 bridgehead atoms. The molecule has 12 heavy (non-hydrogen) atoms. The molecule has 2 rings (SSSR count). The maximum absolute atomic E-state index is 10.9. The molecule has 0 aromatic carbocycles. The molecule has 1 aliphatic carbocycles. The van der Waals surface area contributed by atoms with Crippen molar-refractivity contribution in [3.8, 4) is 0 Å². The van der Waals surface area contributed by atoms with Crippen LogP contribution in [0.5, 0.6) is 0 Å². The highest BCUT2D eigenvalue weighted by Crippen LogP contribution is 2.39. The highest BCUT2D eigenvalue weighted by Gasteiger charge is 2.42. The number of nitrogens with one attached hydrogen (secondary N) is 1. The van der Waals surface area contributed by atoms with E-state index in [2.05, 4.69) is 5.32 Å². The van der Waals surface area contributed by atoms with Crippen LogP contribution in [0, 0.1) is 5.92 Å². The number of amides is 1. The minimum Gasteiger partial charge on any atom is -0.369 e. The molecule has 3 heteroatoms. The Labute approximate surface area is 72.7 Å². The van der Waals surface area contributed by atoms with Gasteiger partial charge in [0.05, 0.1) is 0 Å². The number of carbonyl (C=O) groups excluding carboxylic acids is 1. The first-order valence-electron chi connectivity index (χ1n) is 4.76. The van der Waals surface area contributed by atoms with E-state index < -0.39 is 0 Å². The molecule has 1 spiro atoms. The molecule has 1 saturated carbocycles. The Morgan fingerprint density at radius 2 is 2.33 bits per heavy atom. The molecule has 2 fully saturated rings. The normalized spacial score (nSPS) is 40.8. The maximum Gasteiger partial charge on any atom is 0.220 e. The van der Waals surface area contributed by atoms with Crippen molar-refractivity contribution in [1.29, 1.82) is 0 Å². The van der Waals surface area contributed by atoms with Crippen LogP contribution < -0.4 is 11.1 Å². The number of nitrogens with two attached hydrogens (primary N) is 1. The lowest BCUT2D eigenvalue weighted by Gasteiger charge is -2.23. The van der Waals surface area contributed by atoms with Gasteiger partial charge in [0, 0.05) is 11.5 Å². The van der Waals surface area contributed by atoms with Gasteiger partial charge in [-0.25, -0.2) is 0 Å². The standard InChI is InChI=1S/C9H16N2O/c10-8(12)7-2-4-9(6-7)3-1-5-11-9/h7,11H,1-6H2,(H2,10,12). The molecule has 1 heterocycles. The molecule has 0 radical (unpaired) electrons. The SMILES string of the molecule is NC(=O)C1CCC2(CCCN2)C1. The van der Waals surface area contributed by atoms with Crippen LogP contribution in [-0.4, -0.2) is 18.0 Å². The van der Waals surface area contributed by atoms with Crippen molar-refractivity contribution in [2.75, 3.05) is 6.54 Å². The van der Waals surface area contributed by atoms with E-state index in [1.54, 1.807) is 0 Å². The third kappa shape index (κ3) is 1.22. The fourth-order valence-electron chi connectivity index (χ4n) is 2.63. The quantitative estimate of drug-likeness (QED) is 0.595. The lowest BCUT2D eigenvalue weighted by Crippen LogP contribution is -2.37. The van der Waals surface area contributed by atoms with Gasteiger partial charge < -0.3 is 11.1 Å². The molecule has 68 valence electrons. The summed E-state index contributed by atoms with van der Waals surface area (Å²) < 4.78 is 0. The largest absolute Gasteiger partial charge is 0.369 e. The summed E-state index contributed by atoms with van der Waals surface area (Å²) in [5.74, 6) is 0.0242. The number of hydrogen-bond donors (Lipinski definition) is 2. The van der Waals surface area contributed by atoms with Crippen molar-refractivity contribution in [3.05, 3.63) is 0 Å². The van der Waals surface area contributed by atoms with E-state index in [-0.39, 0.29) is 11.8 Å². The Balaban J connectivity index is 2.01. The number of rotatable bonds is 1. The second kappa shape index (κ2) is 2.73. The first kappa shape index (κ1) is 8.05. The first-order chi connectivity index (χ1) is 5.72. The van der Waals surface area contributed by atoms with E-state index in [0.29, 0.717) is 5.54 Å². The summed E-state index contributed by atoms with van der Waals surface area (Å²) in [7, 11) is 0. The van der Waals surface area contributed by atoms with Crippen LogP contribution >= 0.6 is 0 Å². The Bertz CT molecular complexity index is 197. The van der Waals surface area contributed by atoms with Crippen molar-refractivity contribution in [2.45, 2.75) is 37.6 Å². The second-order valence-electron chi connectivity index (χ2n) is 4.15. The van der Waals surface area contributed by atoms with Crippen LogP contribution in [0.2, 0.25) is 0 Å². The first-order valence-corrected chi connectivity index (χ1v) is 4.76. The Hall–Kier alpha value is -0.570. The number of carbonyl (C=O) groups is 1.